The zero-order valence-corrected chi connectivity index (χ0v) is 11.0. The molecule has 0 aromatic heterocycles. The lowest BCUT2D eigenvalue weighted by Gasteiger charge is -2.26. The lowest BCUT2D eigenvalue weighted by molar-refractivity contribution is 0.162. The Labute approximate surface area is 105 Å². The first-order chi connectivity index (χ1) is 7.65. The van der Waals surface area contributed by atoms with Gasteiger partial charge in [-0.25, -0.2) is 0 Å². The Bertz CT molecular complexity index is 389. The van der Waals surface area contributed by atoms with Crippen LogP contribution in [0.2, 0.25) is 0 Å². The van der Waals surface area contributed by atoms with Crippen LogP contribution in [0.1, 0.15) is 13.3 Å². The number of nitriles is 1. The number of benzene rings is 1. The molecule has 0 spiro atoms. The minimum atomic E-state index is -0.657. The molecule has 0 heterocycles. The van der Waals surface area contributed by atoms with Crippen LogP contribution < -0.4 is 5.32 Å². The highest BCUT2D eigenvalue weighted by atomic mass is 79.9. The molecule has 0 bridgehead atoms. The summed E-state index contributed by atoms with van der Waals surface area (Å²) < 4.78 is 6.08. The predicted octanol–water partition coefficient (Wildman–Crippen LogP) is 3.18. The van der Waals surface area contributed by atoms with E-state index in [1.165, 1.54) is 0 Å². The molecule has 1 atom stereocenters. The molecule has 0 aliphatic carbocycles. The van der Waals surface area contributed by atoms with Gasteiger partial charge in [-0.3, -0.25) is 0 Å². The average Bonchev–Trinajstić information content (AvgIpc) is 2.28. The molecule has 1 unspecified atom stereocenters. The van der Waals surface area contributed by atoms with Crippen molar-refractivity contribution in [3.05, 3.63) is 28.7 Å². The van der Waals surface area contributed by atoms with Crippen molar-refractivity contribution in [3.8, 4) is 6.07 Å². The predicted molar refractivity (Wildman–Crippen MR) is 68.3 cm³/mol. The van der Waals surface area contributed by atoms with E-state index in [2.05, 4.69) is 27.3 Å². The fourth-order valence-electron chi connectivity index (χ4n) is 1.45. The molecule has 4 heteroatoms. The number of hydrogen-bond donors (Lipinski definition) is 1. The third-order valence-corrected chi connectivity index (χ3v) is 2.91. The second kappa shape index (κ2) is 5.88. The van der Waals surface area contributed by atoms with Gasteiger partial charge < -0.3 is 10.1 Å². The molecule has 1 rings (SSSR count). The molecular weight excluding hydrogens is 268 g/mol. The molecule has 0 amide bonds. The van der Waals surface area contributed by atoms with Gasteiger partial charge in [0.2, 0.25) is 0 Å². The van der Waals surface area contributed by atoms with Crippen molar-refractivity contribution in [3.63, 3.8) is 0 Å². The van der Waals surface area contributed by atoms with Gasteiger partial charge in [-0.05, 0) is 24.6 Å². The van der Waals surface area contributed by atoms with Crippen molar-refractivity contribution >= 4 is 21.6 Å². The van der Waals surface area contributed by atoms with E-state index in [1.54, 1.807) is 7.11 Å². The molecular formula is C12H15BrN2O. The van der Waals surface area contributed by atoms with Crippen molar-refractivity contribution < 1.29 is 4.74 Å². The van der Waals surface area contributed by atoms with Crippen LogP contribution >= 0.6 is 15.9 Å². The third kappa shape index (κ3) is 3.22. The first-order valence-electron chi connectivity index (χ1n) is 5.10. The number of rotatable bonds is 5. The maximum Gasteiger partial charge on any atom is 0.148 e. The normalized spacial score (nSPS) is 13.9. The second-order valence-corrected chi connectivity index (χ2v) is 4.53. The van der Waals surface area contributed by atoms with Crippen molar-refractivity contribution in [2.45, 2.75) is 18.9 Å². The second-order valence-electron chi connectivity index (χ2n) is 3.62. The highest BCUT2D eigenvalue weighted by Gasteiger charge is 2.27. The average molecular weight is 283 g/mol. The maximum atomic E-state index is 9.23. The van der Waals surface area contributed by atoms with Crippen LogP contribution in [0.5, 0.6) is 0 Å². The SMILES string of the molecule is CCC(C#N)(COC)Nc1cccc(Br)c1. The van der Waals surface area contributed by atoms with Crippen LogP contribution in [0.25, 0.3) is 0 Å². The van der Waals surface area contributed by atoms with E-state index >= 15 is 0 Å². The van der Waals surface area contributed by atoms with Gasteiger partial charge in [0, 0.05) is 17.3 Å². The van der Waals surface area contributed by atoms with E-state index in [4.69, 9.17) is 4.74 Å². The summed E-state index contributed by atoms with van der Waals surface area (Å²) >= 11 is 3.40. The Morgan fingerprint density at radius 2 is 2.31 bits per heavy atom. The number of nitrogens with zero attached hydrogens (tertiary/aromatic N) is 1. The van der Waals surface area contributed by atoms with Crippen LogP contribution in [0, 0.1) is 11.3 Å². The van der Waals surface area contributed by atoms with Gasteiger partial charge in [-0.2, -0.15) is 5.26 Å². The van der Waals surface area contributed by atoms with Crippen molar-refractivity contribution in [2.75, 3.05) is 19.0 Å². The lowest BCUT2D eigenvalue weighted by atomic mass is 9.99. The van der Waals surface area contributed by atoms with Gasteiger partial charge in [-0.1, -0.05) is 28.9 Å². The summed E-state index contributed by atoms with van der Waals surface area (Å²) in [5.74, 6) is 0. The summed E-state index contributed by atoms with van der Waals surface area (Å²) in [7, 11) is 1.60. The third-order valence-electron chi connectivity index (χ3n) is 2.42. The number of halogens is 1. The Balaban J connectivity index is 2.88. The summed E-state index contributed by atoms with van der Waals surface area (Å²) in [5, 5.41) is 12.5. The number of hydrogen-bond acceptors (Lipinski definition) is 3. The minimum absolute atomic E-state index is 0.368. The minimum Gasteiger partial charge on any atom is -0.381 e. The summed E-state index contributed by atoms with van der Waals surface area (Å²) in [5.41, 5.74) is 0.255. The van der Waals surface area contributed by atoms with Crippen LogP contribution in [-0.2, 0) is 4.74 Å². The monoisotopic (exact) mass is 282 g/mol. The quantitative estimate of drug-likeness (QED) is 0.902. The van der Waals surface area contributed by atoms with Gasteiger partial charge in [-0.15, -0.1) is 0 Å². The van der Waals surface area contributed by atoms with E-state index in [-0.39, 0.29) is 0 Å². The molecule has 1 aromatic rings. The molecule has 0 fully saturated rings. The van der Waals surface area contributed by atoms with Gasteiger partial charge in [0.05, 0.1) is 12.7 Å². The Morgan fingerprint density at radius 3 is 2.81 bits per heavy atom. The summed E-state index contributed by atoms with van der Waals surface area (Å²) in [4.78, 5) is 0. The molecule has 1 aromatic carbocycles. The van der Waals surface area contributed by atoms with Crippen molar-refractivity contribution in [1.82, 2.24) is 0 Å². The van der Waals surface area contributed by atoms with Crippen LogP contribution in [0.3, 0.4) is 0 Å². The first kappa shape index (κ1) is 13.0. The molecule has 16 heavy (non-hydrogen) atoms. The zero-order chi connectivity index (χ0) is 12.0. The number of methoxy groups -OCH3 is 1. The van der Waals surface area contributed by atoms with E-state index in [0.717, 1.165) is 10.2 Å². The largest absolute Gasteiger partial charge is 0.381 e. The first-order valence-corrected chi connectivity index (χ1v) is 5.89. The van der Waals surface area contributed by atoms with Gasteiger partial charge in [0.15, 0.2) is 0 Å². The molecule has 1 N–H and O–H groups in total. The van der Waals surface area contributed by atoms with Crippen LogP contribution in [-0.4, -0.2) is 19.3 Å². The Hall–Kier alpha value is -1.05. The molecule has 0 aliphatic rings. The molecule has 0 aliphatic heterocycles. The summed E-state index contributed by atoms with van der Waals surface area (Å²) in [6.45, 7) is 2.33. The lowest BCUT2D eigenvalue weighted by Crippen LogP contribution is -2.40. The van der Waals surface area contributed by atoms with Gasteiger partial charge >= 0.3 is 0 Å². The number of anilines is 1. The van der Waals surface area contributed by atoms with Crippen molar-refractivity contribution in [2.24, 2.45) is 0 Å². The van der Waals surface area contributed by atoms with Crippen LogP contribution in [0.4, 0.5) is 5.69 Å². The molecule has 0 saturated heterocycles. The van der Waals surface area contributed by atoms with E-state index in [0.29, 0.717) is 13.0 Å². The van der Waals surface area contributed by atoms with E-state index < -0.39 is 5.54 Å². The topological polar surface area (TPSA) is 45.0 Å². The van der Waals surface area contributed by atoms with E-state index in [9.17, 15) is 5.26 Å². The van der Waals surface area contributed by atoms with Gasteiger partial charge in [0.1, 0.15) is 5.54 Å². The number of ether oxygens (including phenoxy) is 1. The highest BCUT2D eigenvalue weighted by molar-refractivity contribution is 9.10. The molecule has 0 radical (unpaired) electrons. The highest BCUT2D eigenvalue weighted by Crippen LogP contribution is 2.21. The molecule has 3 nitrogen and oxygen atoms in total. The molecule has 86 valence electrons. The van der Waals surface area contributed by atoms with Crippen molar-refractivity contribution in [1.29, 1.82) is 5.26 Å². The maximum absolute atomic E-state index is 9.23. The van der Waals surface area contributed by atoms with Crippen LogP contribution in [0.15, 0.2) is 28.7 Å². The zero-order valence-electron chi connectivity index (χ0n) is 9.46. The fraction of sp³-hybridized carbons (Fsp3) is 0.417. The standard InChI is InChI=1S/C12H15BrN2O/c1-3-12(8-14,9-16-2)15-11-6-4-5-10(13)7-11/h4-7,15H,3,9H2,1-2H3. The van der Waals surface area contributed by atoms with E-state index in [1.807, 2.05) is 31.2 Å². The Morgan fingerprint density at radius 1 is 1.56 bits per heavy atom. The number of nitrogens with one attached hydrogen (secondary N) is 1. The summed E-state index contributed by atoms with van der Waals surface area (Å²) in [6.07, 6.45) is 0.684. The molecule has 0 saturated carbocycles. The summed E-state index contributed by atoms with van der Waals surface area (Å²) in [6, 6.07) is 10.0. The smallest absolute Gasteiger partial charge is 0.148 e. The Kier molecular flexibility index (Phi) is 4.78. The fourth-order valence-corrected chi connectivity index (χ4v) is 1.85. The van der Waals surface area contributed by atoms with Gasteiger partial charge in [0.25, 0.3) is 0 Å².